The smallest absolute Gasteiger partial charge is 0.225 e. The van der Waals surface area contributed by atoms with Crippen LogP contribution in [-0.2, 0) is 13.0 Å². The van der Waals surface area contributed by atoms with Crippen LogP contribution in [0, 0.1) is 6.92 Å². The van der Waals surface area contributed by atoms with E-state index in [1.54, 1.807) is 0 Å². The van der Waals surface area contributed by atoms with Gasteiger partial charge in [0.2, 0.25) is 5.95 Å². The summed E-state index contributed by atoms with van der Waals surface area (Å²) in [4.78, 5) is 9.28. The van der Waals surface area contributed by atoms with E-state index in [0.717, 1.165) is 27.7 Å². The lowest BCUT2D eigenvalue weighted by Gasteiger charge is -2.11. The van der Waals surface area contributed by atoms with E-state index < -0.39 is 0 Å². The summed E-state index contributed by atoms with van der Waals surface area (Å²) in [6, 6.07) is 17.9. The number of H-pyrrole nitrogens is 1. The molecule has 4 N–H and O–H groups in total. The van der Waals surface area contributed by atoms with Crippen LogP contribution in [0.25, 0.3) is 10.9 Å². The fraction of sp³-hybridized carbons (Fsp3) is 0.190. The molecule has 2 aromatic carbocycles. The quantitative estimate of drug-likeness (QED) is 0.395. The standard InChI is InChI=1S/C21H22N6O/c1-14-11-19(27-26-14)24-20-17-7-2-3-8-18(17)23-21(25-20)22-13-16-6-4-5-15(12-16)9-10-28/h2-8,11-12,28H,9-10,13H2,1H3,(H3,22,23,24,25,26,27). The number of aromatic nitrogens is 4. The minimum atomic E-state index is 0.145. The summed E-state index contributed by atoms with van der Waals surface area (Å²) in [5.74, 6) is 1.96. The predicted octanol–water partition coefficient (Wildman–Crippen LogP) is 3.55. The van der Waals surface area contributed by atoms with Crippen LogP contribution in [0.5, 0.6) is 0 Å². The van der Waals surface area contributed by atoms with E-state index in [-0.39, 0.29) is 6.61 Å². The van der Waals surface area contributed by atoms with Crippen molar-refractivity contribution >= 4 is 28.5 Å². The molecule has 28 heavy (non-hydrogen) atoms. The number of para-hydroxylation sites is 1. The Labute approximate surface area is 162 Å². The summed E-state index contributed by atoms with van der Waals surface area (Å²) < 4.78 is 0. The highest BCUT2D eigenvalue weighted by molar-refractivity contribution is 5.91. The molecule has 0 saturated carbocycles. The second kappa shape index (κ2) is 8.06. The van der Waals surface area contributed by atoms with Crippen molar-refractivity contribution in [3.63, 3.8) is 0 Å². The van der Waals surface area contributed by atoms with Crippen molar-refractivity contribution in [1.29, 1.82) is 0 Å². The normalized spacial score (nSPS) is 10.9. The number of aliphatic hydroxyl groups excluding tert-OH is 1. The molecule has 0 fully saturated rings. The maximum absolute atomic E-state index is 9.12. The number of nitrogens with one attached hydrogen (secondary N) is 3. The van der Waals surface area contributed by atoms with Gasteiger partial charge in [0.1, 0.15) is 5.82 Å². The Morgan fingerprint density at radius 3 is 2.68 bits per heavy atom. The van der Waals surface area contributed by atoms with Gasteiger partial charge in [-0.05, 0) is 36.6 Å². The summed E-state index contributed by atoms with van der Waals surface area (Å²) in [6.07, 6.45) is 0.650. The molecule has 2 heterocycles. The lowest BCUT2D eigenvalue weighted by Crippen LogP contribution is -2.06. The Morgan fingerprint density at radius 1 is 1.00 bits per heavy atom. The average molecular weight is 374 g/mol. The van der Waals surface area contributed by atoms with Crippen molar-refractivity contribution in [2.75, 3.05) is 17.2 Å². The van der Waals surface area contributed by atoms with Gasteiger partial charge in [0.15, 0.2) is 5.82 Å². The fourth-order valence-electron chi connectivity index (χ4n) is 3.06. The molecule has 0 aliphatic rings. The van der Waals surface area contributed by atoms with Gasteiger partial charge >= 0.3 is 0 Å². The van der Waals surface area contributed by atoms with Crippen LogP contribution in [-0.4, -0.2) is 31.9 Å². The summed E-state index contributed by atoms with van der Waals surface area (Å²) in [5, 5.41) is 23.8. The first-order chi connectivity index (χ1) is 13.7. The zero-order chi connectivity index (χ0) is 19.3. The third kappa shape index (κ3) is 4.10. The maximum atomic E-state index is 9.12. The van der Waals surface area contributed by atoms with Gasteiger partial charge in [-0.25, -0.2) is 4.98 Å². The molecule has 0 amide bonds. The predicted molar refractivity (Wildman–Crippen MR) is 111 cm³/mol. The number of nitrogens with zero attached hydrogens (tertiary/aromatic N) is 3. The Bertz CT molecular complexity index is 1090. The molecule has 0 spiro atoms. The zero-order valence-electron chi connectivity index (χ0n) is 15.6. The summed E-state index contributed by atoms with van der Waals surface area (Å²) in [6.45, 7) is 2.69. The molecular formula is C21H22N6O. The highest BCUT2D eigenvalue weighted by Gasteiger charge is 2.09. The van der Waals surface area contributed by atoms with E-state index in [1.165, 1.54) is 0 Å². The topological polar surface area (TPSA) is 98.8 Å². The number of benzene rings is 2. The van der Waals surface area contributed by atoms with Gasteiger partial charge in [0, 0.05) is 30.3 Å². The molecule has 7 nitrogen and oxygen atoms in total. The third-order valence-electron chi connectivity index (χ3n) is 4.40. The number of hydrogen-bond acceptors (Lipinski definition) is 6. The lowest BCUT2D eigenvalue weighted by atomic mass is 10.1. The van der Waals surface area contributed by atoms with Gasteiger partial charge in [-0.15, -0.1) is 0 Å². The Morgan fingerprint density at radius 2 is 1.86 bits per heavy atom. The monoisotopic (exact) mass is 374 g/mol. The Kier molecular flexibility index (Phi) is 5.16. The van der Waals surface area contributed by atoms with Gasteiger partial charge in [-0.2, -0.15) is 10.1 Å². The lowest BCUT2D eigenvalue weighted by molar-refractivity contribution is 0.299. The second-order valence-corrected chi connectivity index (χ2v) is 6.62. The first kappa shape index (κ1) is 17.9. The van der Waals surface area contributed by atoms with E-state index >= 15 is 0 Å². The second-order valence-electron chi connectivity index (χ2n) is 6.62. The minimum Gasteiger partial charge on any atom is -0.396 e. The molecule has 7 heteroatoms. The van der Waals surface area contributed by atoms with Crippen LogP contribution in [0.2, 0.25) is 0 Å². The van der Waals surface area contributed by atoms with E-state index in [4.69, 9.17) is 5.11 Å². The zero-order valence-corrected chi connectivity index (χ0v) is 15.6. The van der Waals surface area contributed by atoms with Crippen molar-refractivity contribution in [3.8, 4) is 0 Å². The number of aromatic amines is 1. The number of hydrogen-bond donors (Lipinski definition) is 4. The van der Waals surface area contributed by atoms with Gasteiger partial charge in [-0.1, -0.05) is 36.4 Å². The first-order valence-electron chi connectivity index (χ1n) is 9.19. The highest BCUT2D eigenvalue weighted by atomic mass is 16.2. The SMILES string of the molecule is Cc1cc(Nc2nc(NCc3cccc(CCO)c3)nc3ccccc23)n[nH]1. The minimum absolute atomic E-state index is 0.145. The number of rotatable bonds is 7. The van der Waals surface area contributed by atoms with Crippen LogP contribution in [0.15, 0.2) is 54.6 Å². The van der Waals surface area contributed by atoms with Crippen LogP contribution < -0.4 is 10.6 Å². The summed E-state index contributed by atoms with van der Waals surface area (Å²) in [5.41, 5.74) is 4.04. The summed E-state index contributed by atoms with van der Waals surface area (Å²) in [7, 11) is 0. The number of fused-ring (bicyclic) bond motifs is 1. The molecule has 0 saturated heterocycles. The molecule has 0 aliphatic heterocycles. The highest BCUT2D eigenvalue weighted by Crippen LogP contribution is 2.24. The van der Waals surface area contributed by atoms with Crippen molar-refractivity contribution < 1.29 is 5.11 Å². The molecule has 142 valence electrons. The van der Waals surface area contributed by atoms with Gasteiger partial charge in [0.05, 0.1) is 5.52 Å². The van der Waals surface area contributed by atoms with Crippen molar-refractivity contribution in [2.45, 2.75) is 19.9 Å². The van der Waals surface area contributed by atoms with E-state index in [1.807, 2.05) is 55.5 Å². The molecule has 2 aromatic heterocycles. The largest absolute Gasteiger partial charge is 0.396 e. The molecule has 0 unspecified atom stereocenters. The molecule has 0 atom stereocenters. The number of aliphatic hydroxyl groups is 1. The van der Waals surface area contributed by atoms with Gasteiger partial charge in [0.25, 0.3) is 0 Å². The Hall–Kier alpha value is -3.45. The van der Waals surface area contributed by atoms with E-state index in [9.17, 15) is 0 Å². The summed E-state index contributed by atoms with van der Waals surface area (Å²) >= 11 is 0. The van der Waals surface area contributed by atoms with Crippen LogP contribution >= 0.6 is 0 Å². The third-order valence-corrected chi connectivity index (χ3v) is 4.40. The van der Waals surface area contributed by atoms with Gasteiger partial charge < -0.3 is 15.7 Å². The van der Waals surface area contributed by atoms with Gasteiger partial charge in [-0.3, -0.25) is 5.10 Å². The molecular weight excluding hydrogens is 352 g/mol. The molecule has 4 aromatic rings. The van der Waals surface area contributed by atoms with Crippen molar-refractivity contribution in [3.05, 3.63) is 71.4 Å². The number of aryl methyl sites for hydroxylation is 1. The molecule has 0 aliphatic carbocycles. The number of anilines is 3. The maximum Gasteiger partial charge on any atom is 0.225 e. The molecule has 0 bridgehead atoms. The van der Waals surface area contributed by atoms with Crippen molar-refractivity contribution in [1.82, 2.24) is 20.2 Å². The van der Waals surface area contributed by atoms with Crippen LogP contribution in [0.1, 0.15) is 16.8 Å². The van der Waals surface area contributed by atoms with Crippen LogP contribution in [0.4, 0.5) is 17.6 Å². The fourth-order valence-corrected chi connectivity index (χ4v) is 3.06. The molecule has 0 radical (unpaired) electrons. The van der Waals surface area contributed by atoms with Crippen LogP contribution in [0.3, 0.4) is 0 Å². The van der Waals surface area contributed by atoms with Crippen molar-refractivity contribution in [2.24, 2.45) is 0 Å². The molecule has 4 rings (SSSR count). The first-order valence-corrected chi connectivity index (χ1v) is 9.19. The van der Waals surface area contributed by atoms with E-state index in [2.05, 4.69) is 36.9 Å². The Balaban J connectivity index is 1.59. The van der Waals surface area contributed by atoms with E-state index in [0.29, 0.717) is 30.5 Å². The average Bonchev–Trinajstić information content (AvgIpc) is 3.12.